The Kier molecular flexibility index (Phi) is 2.86. The van der Waals surface area contributed by atoms with Crippen molar-refractivity contribution in [2.45, 2.75) is 50.7 Å². The Balaban J connectivity index is 1.66. The molecule has 2 N–H and O–H groups in total. The summed E-state index contributed by atoms with van der Waals surface area (Å²) in [5.74, 6) is 0.00407. The van der Waals surface area contributed by atoms with Gasteiger partial charge in [-0.3, -0.25) is 9.48 Å². The Morgan fingerprint density at radius 3 is 2.67 bits per heavy atom. The number of aromatic nitrogens is 2. The highest BCUT2D eigenvalue weighted by atomic mass is 16.2. The molecule has 1 aromatic rings. The molecule has 2 fully saturated rings. The minimum atomic E-state index is 0.00407. The van der Waals surface area contributed by atoms with Crippen molar-refractivity contribution in [1.82, 2.24) is 20.4 Å². The van der Waals surface area contributed by atoms with Gasteiger partial charge in [0.05, 0.1) is 5.69 Å². The van der Waals surface area contributed by atoms with Crippen LogP contribution >= 0.6 is 0 Å². The zero-order valence-corrected chi connectivity index (χ0v) is 10.9. The number of piperidine rings is 1. The van der Waals surface area contributed by atoms with Crippen LogP contribution in [0.15, 0.2) is 6.07 Å². The average Bonchev–Trinajstić information content (AvgIpc) is 2.81. The molecular weight excluding hydrogens is 228 g/mol. The van der Waals surface area contributed by atoms with Crippen LogP contribution in [-0.2, 0) is 7.05 Å². The normalized spacial score (nSPS) is 30.4. The van der Waals surface area contributed by atoms with E-state index in [1.165, 1.54) is 12.8 Å². The smallest absolute Gasteiger partial charge is 0.269 e. The van der Waals surface area contributed by atoms with Crippen LogP contribution in [-0.4, -0.2) is 33.8 Å². The van der Waals surface area contributed by atoms with E-state index in [-0.39, 0.29) is 5.91 Å². The minimum Gasteiger partial charge on any atom is -0.348 e. The summed E-state index contributed by atoms with van der Waals surface area (Å²) >= 11 is 0. The maximum atomic E-state index is 12.2. The van der Waals surface area contributed by atoms with E-state index in [1.807, 2.05) is 20.0 Å². The summed E-state index contributed by atoms with van der Waals surface area (Å²) in [6.45, 7) is 1.90. The molecule has 2 aliphatic heterocycles. The first kappa shape index (κ1) is 11.7. The van der Waals surface area contributed by atoms with E-state index >= 15 is 0 Å². The predicted octanol–water partition coefficient (Wildman–Crippen LogP) is 0.741. The van der Waals surface area contributed by atoms with Gasteiger partial charge in [-0.1, -0.05) is 0 Å². The van der Waals surface area contributed by atoms with Gasteiger partial charge in [0, 0.05) is 25.2 Å². The van der Waals surface area contributed by atoms with Gasteiger partial charge in [-0.25, -0.2) is 0 Å². The second kappa shape index (κ2) is 4.39. The number of hydrogen-bond acceptors (Lipinski definition) is 3. The summed E-state index contributed by atoms with van der Waals surface area (Å²) in [6.07, 6.45) is 4.61. The van der Waals surface area contributed by atoms with Crippen molar-refractivity contribution in [3.63, 3.8) is 0 Å². The molecule has 1 aromatic heterocycles. The third-order valence-electron chi connectivity index (χ3n) is 4.04. The van der Waals surface area contributed by atoms with Crippen LogP contribution in [0.4, 0.5) is 0 Å². The van der Waals surface area contributed by atoms with Crippen molar-refractivity contribution in [2.75, 3.05) is 0 Å². The lowest BCUT2D eigenvalue weighted by Crippen LogP contribution is -2.48. The standard InChI is InChI=1S/C13H20N4O/c1-8-5-12(17(2)16-8)13(18)15-11-6-9-3-4-10(7-11)14-9/h5,9-11,14H,3-4,6-7H2,1-2H3,(H,15,18). The van der Waals surface area contributed by atoms with E-state index in [9.17, 15) is 4.79 Å². The number of hydrogen-bond donors (Lipinski definition) is 2. The van der Waals surface area contributed by atoms with Crippen molar-refractivity contribution >= 4 is 5.91 Å². The van der Waals surface area contributed by atoms with Gasteiger partial charge < -0.3 is 10.6 Å². The van der Waals surface area contributed by atoms with Crippen LogP contribution in [0.1, 0.15) is 41.9 Å². The Hall–Kier alpha value is -1.36. The van der Waals surface area contributed by atoms with Crippen LogP contribution < -0.4 is 10.6 Å². The van der Waals surface area contributed by atoms with Gasteiger partial charge in [-0.05, 0) is 38.7 Å². The Morgan fingerprint density at radius 2 is 2.11 bits per heavy atom. The molecule has 2 unspecified atom stereocenters. The van der Waals surface area contributed by atoms with Gasteiger partial charge in [-0.15, -0.1) is 0 Å². The van der Waals surface area contributed by atoms with E-state index < -0.39 is 0 Å². The molecule has 0 spiro atoms. The summed E-state index contributed by atoms with van der Waals surface area (Å²) in [6, 6.07) is 3.35. The number of carbonyl (C=O) groups excluding carboxylic acids is 1. The number of fused-ring (bicyclic) bond motifs is 2. The molecular formula is C13H20N4O. The lowest BCUT2D eigenvalue weighted by atomic mass is 10.00. The van der Waals surface area contributed by atoms with Crippen molar-refractivity contribution in [1.29, 1.82) is 0 Å². The molecule has 2 atom stereocenters. The molecule has 5 nitrogen and oxygen atoms in total. The van der Waals surface area contributed by atoms with Crippen molar-refractivity contribution < 1.29 is 4.79 Å². The van der Waals surface area contributed by atoms with Gasteiger partial charge in [0.1, 0.15) is 5.69 Å². The molecule has 3 heterocycles. The van der Waals surface area contributed by atoms with Gasteiger partial charge in [-0.2, -0.15) is 5.10 Å². The highest BCUT2D eigenvalue weighted by Crippen LogP contribution is 2.26. The SMILES string of the molecule is Cc1cc(C(=O)NC2CC3CCC(C2)N3)n(C)n1. The maximum Gasteiger partial charge on any atom is 0.269 e. The van der Waals surface area contributed by atoms with Crippen LogP contribution in [0, 0.1) is 6.92 Å². The van der Waals surface area contributed by atoms with Crippen LogP contribution in [0.3, 0.4) is 0 Å². The summed E-state index contributed by atoms with van der Waals surface area (Å²) in [5.41, 5.74) is 1.53. The fourth-order valence-corrected chi connectivity index (χ4v) is 3.26. The van der Waals surface area contributed by atoms with Crippen molar-refractivity contribution in [3.8, 4) is 0 Å². The largest absolute Gasteiger partial charge is 0.348 e. The molecule has 0 radical (unpaired) electrons. The van der Waals surface area contributed by atoms with Gasteiger partial charge in [0.15, 0.2) is 0 Å². The van der Waals surface area contributed by atoms with E-state index in [1.54, 1.807) is 4.68 Å². The van der Waals surface area contributed by atoms with Crippen LogP contribution in [0.25, 0.3) is 0 Å². The molecule has 2 aliphatic rings. The average molecular weight is 248 g/mol. The zero-order chi connectivity index (χ0) is 12.7. The second-order valence-corrected chi connectivity index (χ2v) is 5.57. The van der Waals surface area contributed by atoms with E-state index in [0.29, 0.717) is 23.8 Å². The monoisotopic (exact) mass is 248 g/mol. The third kappa shape index (κ3) is 2.14. The maximum absolute atomic E-state index is 12.2. The van der Waals surface area contributed by atoms with Gasteiger partial charge in [0.2, 0.25) is 0 Å². The topological polar surface area (TPSA) is 59.0 Å². The van der Waals surface area contributed by atoms with Crippen molar-refractivity contribution in [3.05, 3.63) is 17.5 Å². The summed E-state index contributed by atoms with van der Waals surface area (Å²) in [5, 5.41) is 10.9. The highest BCUT2D eigenvalue weighted by molar-refractivity contribution is 5.92. The number of nitrogens with one attached hydrogen (secondary N) is 2. The van der Waals surface area contributed by atoms with E-state index in [2.05, 4.69) is 15.7 Å². The fourth-order valence-electron chi connectivity index (χ4n) is 3.26. The molecule has 0 aromatic carbocycles. The summed E-state index contributed by atoms with van der Waals surface area (Å²) in [7, 11) is 1.81. The lowest BCUT2D eigenvalue weighted by molar-refractivity contribution is 0.0914. The first-order valence-corrected chi connectivity index (χ1v) is 6.69. The number of aryl methyl sites for hydroxylation is 2. The Bertz CT molecular complexity index is 456. The Labute approximate surface area is 107 Å². The second-order valence-electron chi connectivity index (χ2n) is 5.57. The van der Waals surface area contributed by atoms with Crippen molar-refractivity contribution in [2.24, 2.45) is 7.05 Å². The number of carbonyl (C=O) groups is 1. The third-order valence-corrected chi connectivity index (χ3v) is 4.04. The predicted molar refractivity (Wildman–Crippen MR) is 68.4 cm³/mol. The highest BCUT2D eigenvalue weighted by Gasteiger charge is 2.34. The summed E-state index contributed by atoms with van der Waals surface area (Å²) < 4.78 is 1.65. The van der Waals surface area contributed by atoms with Crippen LogP contribution in [0.5, 0.6) is 0 Å². The van der Waals surface area contributed by atoms with Gasteiger partial charge >= 0.3 is 0 Å². The number of rotatable bonds is 2. The molecule has 3 rings (SSSR count). The fraction of sp³-hybridized carbons (Fsp3) is 0.692. The molecule has 0 aliphatic carbocycles. The zero-order valence-electron chi connectivity index (χ0n) is 10.9. The number of nitrogens with zero attached hydrogens (tertiary/aromatic N) is 2. The van der Waals surface area contributed by atoms with Gasteiger partial charge in [0.25, 0.3) is 5.91 Å². The lowest BCUT2D eigenvalue weighted by Gasteiger charge is -2.29. The first-order valence-electron chi connectivity index (χ1n) is 6.69. The Morgan fingerprint density at radius 1 is 1.44 bits per heavy atom. The number of amides is 1. The molecule has 18 heavy (non-hydrogen) atoms. The van der Waals surface area contributed by atoms with E-state index in [4.69, 9.17) is 0 Å². The molecule has 0 saturated carbocycles. The molecule has 2 bridgehead atoms. The summed E-state index contributed by atoms with van der Waals surface area (Å²) in [4.78, 5) is 12.2. The molecule has 98 valence electrons. The quantitative estimate of drug-likeness (QED) is 0.811. The van der Waals surface area contributed by atoms with Crippen LogP contribution in [0.2, 0.25) is 0 Å². The van der Waals surface area contributed by atoms with E-state index in [0.717, 1.165) is 18.5 Å². The minimum absolute atomic E-state index is 0.00407. The molecule has 2 saturated heterocycles. The molecule has 1 amide bonds. The first-order chi connectivity index (χ1) is 8.61. The molecule has 5 heteroatoms.